The van der Waals surface area contributed by atoms with Crippen molar-refractivity contribution in [3.05, 3.63) is 71.8 Å². The lowest BCUT2D eigenvalue weighted by Gasteiger charge is -2.18. The monoisotopic (exact) mass is 286 g/mol. The summed E-state index contributed by atoms with van der Waals surface area (Å²) in [5, 5.41) is 0. The van der Waals surface area contributed by atoms with Crippen LogP contribution >= 0.6 is 11.6 Å². The van der Waals surface area contributed by atoms with Crippen LogP contribution in [0.4, 0.5) is 0 Å². The van der Waals surface area contributed by atoms with E-state index in [1.807, 2.05) is 36.4 Å². The van der Waals surface area contributed by atoms with Gasteiger partial charge < -0.3 is 4.74 Å². The lowest BCUT2D eigenvalue weighted by Crippen LogP contribution is -2.18. The smallest absolute Gasteiger partial charge is 0.311 e. The van der Waals surface area contributed by atoms with E-state index in [0.717, 1.165) is 17.5 Å². The Balaban J connectivity index is 2.01. The van der Waals surface area contributed by atoms with E-state index in [1.165, 1.54) is 0 Å². The van der Waals surface area contributed by atoms with Crippen LogP contribution in [0.25, 0.3) is 0 Å². The summed E-state index contributed by atoms with van der Waals surface area (Å²) in [4.78, 5) is 12.1. The van der Waals surface area contributed by atoms with Crippen LogP contribution in [-0.2, 0) is 14.9 Å². The molecule has 0 spiro atoms. The van der Waals surface area contributed by atoms with Crippen LogP contribution < -0.4 is 0 Å². The molecule has 1 aliphatic rings. The van der Waals surface area contributed by atoms with Crippen molar-refractivity contribution < 1.29 is 9.53 Å². The fourth-order valence-corrected chi connectivity index (χ4v) is 3.09. The molecule has 3 rings (SSSR count). The van der Waals surface area contributed by atoms with Gasteiger partial charge in [-0.05, 0) is 17.5 Å². The Morgan fingerprint density at radius 3 is 2.00 bits per heavy atom. The molecule has 0 N–H and O–H groups in total. The van der Waals surface area contributed by atoms with Gasteiger partial charge in [0.25, 0.3) is 0 Å². The molecule has 2 nitrogen and oxygen atoms in total. The maximum absolute atomic E-state index is 12.1. The van der Waals surface area contributed by atoms with Gasteiger partial charge in [0.05, 0.1) is 5.92 Å². The predicted molar refractivity (Wildman–Crippen MR) is 78.6 cm³/mol. The first-order valence-electron chi connectivity index (χ1n) is 6.62. The number of rotatable bonds is 4. The minimum absolute atomic E-state index is 0.0883. The van der Waals surface area contributed by atoms with Crippen LogP contribution in [0.3, 0.4) is 0 Å². The zero-order valence-electron chi connectivity index (χ0n) is 11.0. The Morgan fingerprint density at radius 1 is 1.05 bits per heavy atom. The number of carbonyl (C=O) groups is 1. The summed E-state index contributed by atoms with van der Waals surface area (Å²) in [6.45, 7) is 0. The number of carbonyl (C=O) groups excluding carboxylic acids is 1. The average Bonchev–Trinajstić information content (AvgIpc) is 3.26. The van der Waals surface area contributed by atoms with Crippen molar-refractivity contribution in [1.29, 1.82) is 0 Å². The molecule has 2 aromatic carbocycles. The van der Waals surface area contributed by atoms with Gasteiger partial charge in [0, 0.05) is 5.41 Å². The third-order valence-electron chi connectivity index (χ3n) is 4.02. The molecular weight excluding hydrogens is 272 g/mol. The minimum atomic E-state index is -0.258. The predicted octanol–water partition coefficient (Wildman–Crippen LogP) is 3.73. The Morgan fingerprint density at radius 2 is 1.55 bits per heavy atom. The lowest BCUT2D eigenvalue weighted by molar-refractivity contribution is -0.143. The Kier molecular flexibility index (Phi) is 3.49. The van der Waals surface area contributed by atoms with Crippen LogP contribution in [0.15, 0.2) is 60.7 Å². The zero-order chi connectivity index (χ0) is 14.0. The topological polar surface area (TPSA) is 26.3 Å². The summed E-state index contributed by atoms with van der Waals surface area (Å²) >= 11 is 5.51. The molecule has 20 heavy (non-hydrogen) atoms. The molecule has 1 unspecified atom stereocenters. The van der Waals surface area contributed by atoms with Crippen molar-refractivity contribution in [3.8, 4) is 0 Å². The van der Waals surface area contributed by atoms with Gasteiger partial charge in [0.2, 0.25) is 0 Å². The van der Waals surface area contributed by atoms with E-state index in [0.29, 0.717) is 0 Å². The largest absolute Gasteiger partial charge is 0.449 e. The second kappa shape index (κ2) is 5.29. The van der Waals surface area contributed by atoms with Crippen LogP contribution in [0.5, 0.6) is 0 Å². The third kappa shape index (κ3) is 2.10. The fraction of sp³-hybridized carbons (Fsp3) is 0.235. The highest BCUT2D eigenvalue weighted by Crippen LogP contribution is 2.59. The minimum Gasteiger partial charge on any atom is -0.449 e. The molecule has 1 fully saturated rings. The van der Waals surface area contributed by atoms with E-state index in [-0.39, 0.29) is 23.4 Å². The molecule has 1 atom stereocenters. The molecule has 0 aromatic heterocycles. The Bertz CT molecular complexity index is 555. The lowest BCUT2D eigenvalue weighted by atomic mass is 9.86. The molecule has 102 valence electrons. The van der Waals surface area contributed by atoms with Gasteiger partial charge in [-0.15, -0.1) is 0 Å². The first kappa shape index (κ1) is 13.2. The van der Waals surface area contributed by atoms with Gasteiger partial charge in [-0.2, -0.15) is 0 Å². The van der Waals surface area contributed by atoms with Gasteiger partial charge in [-0.1, -0.05) is 72.3 Å². The number of alkyl halides is 1. The van der Waals surface area contributed by atoms with Crippen LogP contribution in [0.2, 0.25) is 0 Å². The van der Waals surface area contributed by atoms with Crippen molar-refractivity contribution in [2.24, 2.45) is 5.92 Å². The summed E-state index contributed by atoms with van der Waals surface area (Å²) in [6, 6.07) is 20.2. The number of hydrogen-bond donors (Lipinski definition) is 0. The molecule has 0 saturated heterocycles. The van der Waals surface area contributed by atoms with Gasteiger partial charge in [0.1, 0.15) is 0 Å². The normalized spacial score (nSPS) is 19.4. The number of halogens is 1. The SMILES string of the molecule is O=C(OCCl)C1CC1(c1ccccc1)c1ccccc1. The van der Waals surface area contributed by atoms with Crippen molar-refractivity contribution in [3.63, 3.8) is 0 Å². The van der Waals surface area contributed by atoms with E-state index in [2.05, 4.69) is 24.3 Å². The van der Waals surface area contributed by atoms with E-state index >= 15 is 0 Å². The Hall–Kier alpha value is -1.80. The second-order valence-electron chi connectivity index (χ2n) is 5.03. The van der Waals surface area contributed by atoms with Crippen molar-refractivity contribution >= 4 is 17.6 Å². The summed E-state index contributed by atoms with van der Waals surface area (Å²) < 4.78 is 4.99. The third-order valence-corrected chi connectivity index (χ3v) is 4.13. The highest BCUT2D eigenvalue weighted by atomic mass is 35.5. The quantitative estimate of drug-likeness (QED) is 0.632. The van der Waals surface area contributed by atoms with Crippen molar-refractivity contribution in [1.82, 2.24) is 0 Å². The molecule has 0 heterocycles. The number of hydrogen-bond acceptors (Lipinski definition) is 2. The molecule has 0 bridgehead atoms. The fourth-order valence-electron chi connectivity index (χ4n) is 2.98. The van der Waals surface area contributed by atoms with E-state index < -0.39 is 0 Å². The van der Waals surface area contributed by atoms with Gasteiger partial charge in [-0.3, -0.25) is 4.79 Å². The summed E-state index contributed by atoms with van der Waals surface area (Å²) in [5.41, 5.74) is 2.05. The van der Waals surface area contributed by atoms with Gasteiger partial charge in [-0.25, -0.2) is 0 Å². The van der Waals surface area contributed by atoms with Crippen LogP contribution in [-0.4, -0.2) is 12.0 Å². The second-order valence-corrected chi connectivity index (χ2v) is 5.25. The van der Waals surface area contributed by atoms with E-state index in [4.69, 9.17) is 16.3 Å². The molecule has 3 heteroatoms. The molecule has 1 aliphatic carbocycles. The maximum atomic E-state index is 12.1. The molecule has 0 amide bonds. The van der Waals surface area contributed by atoms with Crippen molar-refractivity contribution in [2.75, 3.05) is 6.07 Å². The molecule has 2 aromatic rings. The summed E-state index contributed by atoms with van der Waals surface area (Å²) in [7, 11) is 0. The van der Waals surface area contributed by atoms with Gasteiger partial charge in [0.15, 0.2) is 6.07 Å². The van der Waals surface area contributed by atoms with Crippen LogP contribution in [0, 0.1) is 5.92 Å². The summed E-state index contributed by atoms with van der Waals surface area (Å²) in [6.07, 6.45) is 0.775. The highest BCUT2D eigenvalue weighted by molar-refractivity contribution is 6.17. The van der Waals surface area contributed by atoms with Crippen molar-refractivity contribution in [2.45, 2.75) is 11.8 Å². The Labute approximate surface area is 123 Å². The highest BCUT2D eigenvalue weighted by Gasteiger charge is 2.61. The average molecular weight is 287 g/mol. The van der Waals surface area contributed by atoms with E-state index in [9.17, 15) is 4.79 Å². The molecule has 0 radical (unpaired) electrons. The number of benzene rings is 2. The first-order chi connectivity index (χ1) is 9.79. The first-order valence-corrected chi connectivity index (χ1v) is 7.16. The molecular formula is C17H15ClO2. The number of ether oxygens (including phenoxy) is 1. The zero-order valence-corrected chi connectivity index (χ0v) is 11.7. The molecule has 0 aliphatic heterocycles. The van der Waals surface area contributed by atoms with E-state index in [1.54, 1.807) is 0 Å². The molecule has 1 saturated carbocycles. The maximum Gasteiger partial charge on any atom is 0.311 e. The van der Waals surface area contributed by atoms with Gasteiger partial charge >= 0.3 is 5.97 Å². The number of esters is 1. The van der Waals surface area contributed by atoms with Crippen LogP contribution in [0.1, 0.15) is 17.5 Å². The summed E-state index contributed by atoms with van der Waals surface area (Å²) in [5.74, 6) is -0.362. The standard InChI is InChI=1S/C17H15ClO2/c18-12-20-16(19)15-11-17(15,13-7-3-1-4-8-13)14-9-5-2-6-10-14/h1-10,15H,11-12H2.